The number of ether oxygens (including phenoxy) is 6. The Hall–Kier alpha value is -3.92. The first-order valence-corrected chi connectivity index (χ1v) is 19.7. The fourth-order valence-corrected chi connectivity index (χ4v) is 11.8. The Labute approximate surface area is 305 Å². The van der Waals surface area contributed by atoms with E-state index in [-0.39, 0.29) is 24.0 Å². The third-order valence-corrected chi connectivity index (χ3v) is 14.8. The summed E-state index contributed by atoms with van der Waals surface area (Å²) in [6.45, 7) is 13.6. The largest absolute Gasteiger partial charge is 0.497 e. The van der Waals surface area contributed by atoms with Crippen molar-refractivity contribution in [3.63, 3.8) is 0 Å². The molecule has 7 nitrogen and oxygen atoms in total. The summed E-state index contributed by atoms with van der Waals surface area (Å²) in [5.74, 6) is 2.07. The number of rotatable bonds is 16. The molecule has 0 spiro atoms. The Kier molecular flexibility index (Phi) is 13.2. The van der Waals surface area contributed by atoms with Crippen LogP contribution in [0.1, 0.15) is 70.3 Å². The number of hydrogen-bond donors (Lipinski definition) is 0. The Bertz CT molecular complexity index is 1600. The van der Waals surface area contributed by atoms with Crippen LogP contribution in [0.3, 0.4) is 0 Å². The number of hydrogen-bond acceptors (Lipinski definition) is 7. The van der Waals surface area contributed by atoms with Crippen LogP contribution in [0, 0.1) is 0 Å². The molecule has 0 N–H and O–H groups in total. The average molecular weight is 711 g/mol. The van der Waals surface area contributed by atoms with Crippen molar-refractivity contribution in [2.24, 2.45) is 0 Å². The molecule has 1 aliphatic rings. The molecule has 0 radical (unpaired) electrons. The minimum absolute atomic E-state index is 0.00222. The van der Waals surface area contributed by atoms with Crippen LogP contribution >= 0.6 is 0 Å². The zero-order chi connectivity index (χ0) is 36.4. The van der Waals surface area contributed by atoms with Crippen molar-refractivity contribution in [1.82, 2.24) is 0 Å². The molecule has 0 aliphatic carbocycles. The van der Waals surface area contributed by atoms with Gasteiger partial charge >= 0.3 is 0 Å². The van der Waals surface area contributed by atoms with Crippen molar-refractivity contribution in [2.75, 3.05) is 28.1 Å². The van der Waals surface area contributed by atoms with Gasteiger partial charge in [-0.1, -0.05) is 112 Å². The standard InChI is InChI=1S/C43H54O7Si/c1-31(50-51(43(3,4)5,37-17-11-9-12-18-37)38-19-13-10-14-20-38)16-15-21-39(47-30-44-6)40-32(2)48-41(33-22-26-35(45-7)27-23-33)42(49-40)34-24-28-36(46-8)29-25-34/h9-14,17-20,22-29,31,39-42H,2,15-16,21,30H2,1,3-8H3/t31-,39+,40-,41+,42+/m1/s1. The number of methoxy groups -OCH3 is 3. The molecule has 0 bridgehead atoms. The molecule has 0 unspecified atom stereocenters. The monoisotopic (exact) mass is 710 g/mol. The molecule has 51 heavy (non-hydrogen) atoms. The summed E-state index contributed by atoms with van der Waals surface area (Å²) >= 11 is 0. The van der Waals surface area contributed by atoms with Crippen LogP contribution in [0.5, 0.6) is 11.5 Å². The summed E-state index contributed by atoms with van der Waals surface area (Å²) in [5.41, 5.74) is 1.92. The fraction of sp³-hybridized carbons (Fsp3) is 0.395. The van der Waals surface area contributed by atoms with Crippen LogP contribution in [0.15, 0.2) is 122 Å². The van der Waals surface area contributed by atoms with E-state index in [1.54, 1.807) is 21.3 Å². The van der Waals surface area contributed by atoms with E-state index in [0.29, 0.717) is 12.2 Å². The molecule has 272 valence electrons. The van der Waals surface area contributed by atoms with Crippen LogP contribution < -0.4 is 19.8 Å². The highest BCUT2D eigenvalue weighted by Crippen LogP contribution is 2.45. The summed E-state index contributed by atoms with van der Waals surface area (Å²) in [4.78, 5) is 0. The molecule has 8 heteroatoms. The Morgan fingerprint density at radius 3 is 1.69 bits per heavy atom. The molecule has 1 fully saturated rings. The molecule has 1 heterocycles. The van der Waals surface area contributed by atoms with Gasteiger partial charge < -0.3 is 32.8 Å². The Morgan fingerprint density at radius 1 is 0.706 bits per heavy atom. The van der Waals surface area contributed by atoms with Crippen LogP contribution in [0.2, 0.25) is 5.04 Å². The highest BCUT2D eigenvalue weighted by Gasteiger charge is 2.51. The molecule has 5 rings (SSSR count). The minimum atomic E-state index is -2.68. The summed E-state index contributed by atoms with van der Waals surface area (Å²) < 4.78 is 43.5. The van der Waals surface area contributed by atoms with E-state index in [2.05, 4.69) is 94.9 Å². The molecule has 0 aromatic heterocycles. The van der Waals surface area contributed by atoms with E-state index in [1.165, 1.54) is 10.4 Å². The smallest absolute Gasteiger partial charge is 0.261 e. The third-order valence-electron chi connectivity index (χ3n) is 9.68. The van der Waals surface area contributed by atoms with E-state index >= 15 is 0 Å². The van der Waals surface area contributed by atoms with Crippen LogP contribution in [-0.4, -0.2) is 54.8 Å². The van der Waals surface area contributed by atoms with Gasteiger partial charge in [0.05, 0.1) is 20.3 Å². The van der Waals surface area contributed by atoms with E-state index in [0.717, 1.165) is 35.5 Å². The van der Waals surface area contributed by atoms with Gasteiger partial charge in [-0.15, -0.1) is 0 Å². The maximum absolute atomic E-state index is 7.36. The van der Waals surface area contributed by atoms with Crippen molar-refractivity contribution >= 4 is 18.7 Å². The van der Waals surface area contributed by atoms with Gasteiger partial charge in [-0.05, 0) is 77.0 Å². The molecular formula is C43H54O7Si. The van der Waals surface area contributed by atoms with Gasteiger partial charge in [0.2, 0.25) is 0 Å². The van der Waals surface area contributed by atoms with Gasteiger partial charge in [-0.25, -0.2) is 0 Å². The predicted octanol–water partition coefficient (Wildman–Crippen LogP) is 8.54. The lowest BCUT2D eigenvalue weighted by atomic mass is 9.94. The van der Waals surface area contributed by atoms with E-state index in [9.17, 15) is 0 Å². The first-order valence-electron chi connectivity index (χ1n) is 17.8. The molecule has 1 saturated heterocycles. The van der Waals surface area contributed by atoms with Crippen molar-refractivity contribution in [1.29, 1.82) is 0 Å². The van der Waals surface area contributed by atoms with Crippen LogP contribution in [-0.2, 0) is 23.4 Å². The zero-order valence-electron chi connectivity index (χ0n) is 31.2. The summed E-state index contributed by atoms with van der Waals surface area (Å²) in [5, 5.41) is 2.45. The molecular weight excluding hydrogens is 657 g/mol. The minimum Gasteiger partial charge on any atom is -0.497 e. The van der Waals surface area contributed by atoms with Crippen LogP contribution in [0.25, 0.3) is 0 Å². The normalized spacial score (nSPS) is 19.2. The SMILES string of the molecule is C=C1O[C@@H](c2ccc(OC)cc2)[C@H](c2ccc(OC)cc2)O[C@H]1[C@H](CCC[C@@H](C)O[Si](c1ccccc1)(c1ccccc1)C(C)(C)C)OCOC. The van der Waals surface area contributed by atoms with Crippen molar-refractivity contribution in [3.8, 4) is 11.5 Å². The van der Waals surface area contributed by atoms with Crippen molar-refractivity contribution in [2.45, 2.75) is 82.5 Å². The quantitative estimate of drug-likeness (QED) is 0.0853. The van der Waals surface area contributed by atoms with Crippen molar-refractivity contribution in [3.05, 3.63) is 133 Å². The molecule has 5 atom stereocenters. The molecule has 0 amide bonds. The fourth-order valence-electron chi connectivity index (χ4n) is 7.11. The van der Waals surface area contributed by atoms with Gasteiger partial charge in [-0.3, -0.25) is 0 Å². The molecule has 4 aromatic rings. The van der Waals surface area contributed by atoms with E-state index in [4.69, 9.17) is 32.8 Å². The van der Waals surface area contributed by atoms with Gasteiger partial charge in [-0.2, -0.15) is 0 Å². The second-order valence-electron chi connectivity index (χ2n) is 14.2. The highest BCUT2D eigenvalue weighted by molar-refractivity contribution is 6.99. The van der Waals surface area contributed by atoms with Crippen LogP contribution in [0.4, 0.5) is 0 Å². The Balaban J connectivity index is 1.36. The van der Waals surface area contributed by atoms with Gasteiger partial charge in [0.1, 0.15) is 36.3 Å². The maximum atomic E-state index is 7.36. The van der Waals surface area contributed by atoms with Gasteiger partial charge in [0.25, 0.3) is 8.32 Å². The summed E-state index contributed by atoms with van der Waals surface area (Å²) in [7, 11) is 2.27. The van der Waals surface area contributed by atoms with Gasteiger partial charge in [0, 0.05) is 13.2 Å². The lowest BCUT2D eigenvalue weighted by Crippen LogP contribution is -2.67. The van der Waals surface area contributed by atoms with Crippen molar-refractivity contribution < 1.29 is 32.8 Å². The molecule has 4 aromatic carbocycles. The second kappa shape index (κ2) is 17.5. The lowest BCUT2D eigenvalue weighted by Gasteiger charge is -2.45. The highest BCUT2D eigenvalue weighted by atomic mass is 28.4. The summed E-state index contributed by atoms with van der Waals surface area (Å²) in [6, 6.07) is 37.3. The Morgan fingerprint density at radius 2 is 1.22 bits per heavy atom. The first-order chi connectivity index (χ1) is 24.6. The maximum Gasteiger partial charge on any atom is 0.261 e. The molecule has 0 saturated carbocycles. The second-order valence-corrected chi connectivity index (χ2v) is 18.4. The lowest BCUT2D eigenvalue weighted by molar-refractivity contribution is -0.201. The average Bonchev–Trinajstić information content (AvgIpc) is 3.15. The number of benzene rings is 4. The predicted molar refractivity (Wildman–Crippen MR) is 205 cm³/mol. The van der Waals surface area contributed by atoms with E-state index < -0.39 is 26.6 Å². The van der Waals surface area contributed by atoms with Gasteiger partial charge in [0.15, 0.2) is 6.10 Å². The topological polar surface area (TPSA) is 64.6 Å². The van der Waals surface area contributed by atoms with E-state index in [1.807, 2.05) is 48.5 Å². The first kappa shape index (κ1) is 38.3. The summed E-state index contributed by atoms with van der Waals surface area (Å²) in [6.07, 6.45) is 0.668. The molecule has 1 aliphatic heterocycles. The third kappa shape index (κ3) is 8.94. The zero-order valence-corrected chi connectivity index (χ0v) is 32.2.